The first-order valence-electron chi connectivity index (χ1n) is 10.1. The fourth-order valence-corrected chi connectivity index (χ4v) is 3.53. The number of hydrogen-bond acceptors (Lipinski definition) is 2. The maximum absolute atomic E-state index is 4.39. The Morgan fingerprint density at radius 2 is 1.82 bits per heavy atom. The number of imidazole rings is 1. The molecule has 0 aliphatic heterocycles. The molecule has 5 nitrogen and oxygen atoms in total. The Morgan fingerprint density at radius 1 is 1.11 bits per heavy atom. The Labute approximate surface area is 187 Å². The molecule has 0 unspecified atom stereocenters. The van der Waals surface area contributed by atoms with E-state index in [0.29, 0.717) is 0 Å². The van der Waals surface area contributed by atoms with Crippen LogP contribution in [-0.2, 0) is 12.0 Å². The number of aromatic nitrogens is 2. The van der Waals surface area contributed by atoms with Crippen LogP contribution in [0.15, 0.2) is 47.7 Å². The molecule has 0 aliphatic carbocycles. The maximum Gasteiger partial charge on any atom is 0.191 e. The van der Waals surface area contributed by atoms with Crippen molar-refractivity contribution in [3.63, 3.8) is 0 Å². The number of rotatable bonds is 10. The molecule has 2 rings (SSSR count). The molecule has 0 saturated carbocycles. The highest BCUT2D eigenvalue weighted by Crippen LogP contribution is 2.30. The molecule has 0 aliphatic rings. The van der Waals surface area contributed by atoms with Crippen molar-refractivity contribution < 1.29 is 0 Å². The predicted molar refractivity (Wildman–Crippen MR) is 130 cm³/mol. The van der Waals surface area contributed by atoms with Crippen molar-refractivity contribution in [1.82, 2.24) is 20.2 Å². The zero-order chi connectivity index (χ0) is 19.5. The molecule has 2 aromatic rings. The van der Waals surface area contributed by atoms with Gasteiger partial charge in [-0.05, 0) is 38.2 Å². The number of hydrogen-bond donors (Lipinski definition) is 2. The van der Waals surface area contributed by atoms with E-state index in [9.17, 15) is 0 Å². The van der Waals surface area contributed by atoms with Crippen LogP contribution in [0, 0.1) is 6.92 Å². The largest absolute Gasteiger partial charge is 0.356 e. The van der Waals surface area contributed by atoms with Crippen molar-refractivity contribution in [2.75, 3.05) is 20.1 Å². The molecule has 1 aromatic carbocycles. The van der Waals surface area contributed by atoms with Crippen molar-refractivity contribution >= 4 is 29.9 Å². The second-order valence-corrected chi connectivity index (χ2v) is 7.08. The predicted octanol–water partition coefficient (Wildman–Crippen LogP) is 4.51. The number of benzene rings is 1. The van der Waals surface area contributed by atoms with Gasteiger partial charge in [-0.1, -0.05) is 44.2 Å². The molecule has 0 saturated heterocycles. The van der Waals surface area contributed by atoms with Crippen molar-refractivity contribution in [3.05, 3.63) is 54.1 Å². The van der Waals surface area contributed by atoms with Gasteiger partial charge in [0, 0.05) is 44.5 Å². The highest BCUT2D eigenvalue weighted by atomic mass is 127. The summed E-state index contributed by atoms with van der Waals surface area (Å²) in [5.74, 6) is 1.97. The van der Waals surface area contributed by atoms with E-state index >= 15 is 0 Å². The first-order valence-corrected chi connectivity index (χ1v) is 10.1. The quantitative estimate of drug-likeness (QED) is 0.220. The highest BCUT2D eigenvalue weighted by Gasteiger charge is 2.28. The standard InChI is InChI=1S/C22H35N5.HI/c1-5-22(6-2,20-12-8-7-9-13-20)18-26-21(23-4)25-14-10-11-16-27-17-15-24-19(27)3;/h7-9,12-13,15,17H,5-6,10-11,14,16,18H2,1-4H3,(H2,23,25,26);1H. The number of unbranched alkanes of at least 4 members (excludes halogenated alkanes) is 1. The molecule has 0 atom stereocenters. The van der Waals surface area contributed by atoms with Crippen LogP contribution in [0.2, 0.25) is 0 Å². The maximum atomic E-state index is 4.39. The topological polar surface area (TPSA) is 54.2 Å². The van der Waals surface area contributed by atoms with Gasteiger partial charge in [0.05, 0.1) is 0 Å². The Morgan fingerprint density at radius 3 is 2.39 bits per heavy atom. The summed E-state index contributed by atoms with van der Waals surface area (Å²) in [6.07, 6.45) is 8.33. The summed E-state index contributed by atoms with van der Waals surface area (Å²) in [6.45, 7) is 9.41. The van der Waals surface area contributed by atoms with E-state index in [0.717, 1.165) is 57.1 Å². The van der Waals surface area contributed by atoms with Crippen molar-refractivity contribution in [2.24, 2.45) is 4.99 Å². The fraction of sp³-hybridized carbons (Fsp3) is 0.545. The molecule has 0 amide bonds. The molecule has 28 heavy (non-hydrogen) atoms. The number of nitrogens with one attached hydrogen (secondary N) is 2. The smallest absolute Gasteiger partial charge is 0.191 e. The lowest BCUT2D eigenvalue weighted by Gasteiger charge is -2.33. The van der Waals surface area contributed by atoms with Crippen LogP contribution < -0.4 is 10.6 Å². The lowest BCUT2D eigenvalue weighted by molar-refractivity contribution is 0.389. The van der Waals surface area contributed by atoms with E-state index in [2.05, 4.69) is 69.4 Å². The van der Waals surface area contributed by atoms with E-state index in [1.165, 1.54) is 5.56 Å². The van der Waals surface area contributed by atoms with Gasteiger partial charge in [-0.25, -0.2) is 4.98 Å². The van der Waals surface area contributed by atoms with E-state index in [1.807, 2.05) is 26.4 Å². The second-order valence-electron chi connectivity index (χ2n) is 7.08. The molecule has 6 heteroatoms. The number of nitrogens with zero attached hydrogens (tertiary/aromatic N) is 3. The van der Waals surface area contributed by atoms with Crippen LogP contribution in [0.5, 0.6) is 0 Å². The summed E-state index contributed by atoms with van der Waals surface area (Å²) < 4.78 is 2.20. The lowest BCUT2D eigenvalue weighted by Crippen LogP contribution is -2.45. The molecule has 2 N–H and O–H groups in total. The molecule has 0 bridgehead atoms. The third-order valence-corrected chi connectivity index (χ3v) is 5.60. The Kier molecular flexibility index (Phi) is 11.2. The third kappa shape index (κ3) is 6.79. The molecule has 1 aromatic heterocycles. The van der Waals surface area contributed by atoms with Gasteiger partial charge in [0.15, 0.2) is 5.96 Å². The number of aliphatic imine (C=N–C) groups is 1. The summed E-state index contributed by atoms with van der Waals surface area (Å²) in [6, 6.07) is 10.8. The normalized spacial score (nSPS) is 11.8. The van der Waals surface area contributed by atoms with Gasteiger partial charge in [0.2, 0.25) is 0 Å². The summed E-state index contributed by atoms with van der Waals surface area (Å²) in [7, 11) is 1.84. The summed E-state index contributed by atoms with van der Waals surface area (Å²) in [5, 5.41) is 7.00. The van der Waals surface area contributed by atoms with Gasteiger partial charge in [-0.3, -0.25) is 4.99 Å². The number of aryl methyl sites for hydroxylation is 2. The van der Waals surface area contributed by atoms with E-state index in [4.69, 9.17) is 0 Å². The number of guanidine groups is 1. The SMILES string of the molecule is CCC(CC)(CNC(=NC)NCCCCn1ccnc1C)c1ccccc1.I. The highest BCUT2D eigenvalue weighted by molar-refractivity contribution is 14.0. The molecular formula is C22H36IN5. The van der Waals surface area contributed by atoms with Crippen molar-refractivity contribution in [1.29, 1.82) is 0 Å². The zero-order valence-electron chi connectivity index (χ0n) is 17.7. The monoisotopic (exact) mass is 497 g/mol. The molecule has 156 valence electrons. The third-order valence-electron chi connectivity index (χ3n) is 5.60. The lowest BCUT2D eigenvalue weighted by atomic mass is 9.76. The second kappa shape index (κ2) is 12.8. The van der Waals surface area contributed by atoms with Crippen LogP contribution in [0.1, 0.15) is 50.9 Å². The summed E-state index contributed by atoms with van der Waals surface area (Å²) in [4.78, 5) is 8.66. The molecule has 0 radical (unpaired) electrons. The average Bonchev–Trinajstić information content (AvgIpc) is 3.12. The Bertz CT molecular complexity index is 692. The van der Waals surface area contributed by atoms with Crippen LogP contribution in [0.4, 0.5) is 0 Å². The molecule has 1 heterocycles. The van der Waals surface area contributed by atoms with Gasteiger partial charge in [-0.15, -0.1) is 24.0 Å². The van der Waals surface area contributed by atoms with Crippen LogP contribution in [-0.4, -0.2) is 35.6 Å². The van der Waals surface area contributed by atoms with E-state index in [-0.39, 0.29) is 29.4 Å². The Balaban J connectivity index is 0.00000392. The van der Waals surface area contributed by atoms with Gasteiger partial charge >= 0.3 is 0 Å². The minimum Gasteiger partial charge on any atom is -0.356 e. The van der Waals surface area contributed by atoms with Gasteiger partial charge < -0.3 is 15.2 Å². The van der Waals surface area contributed by atoms with Crippen molar-refractivity contribution in [2.45, 2.75) is 58.4 Å². The zero-order valence-corrected chi connectivity index (χ0v) is 20.1. The Hall–Kier alpha value is -1.57. The first-order chi connectivity index (χ1) is 13.1. The van der Waals surface area contributed by atoms with E-state index < -0.39 is 0 Å². The van der Waals surface area contributed by atoms with Crippen LogP contribution in [0.3, 0.4) is 0 Å². The molecule has 0 spiro atoms. The van der Waals surface area contributed by atoms with Crippen LogP contribution in [0.25, 0.3) is 0 Å². The summed E-state index contributed by atoms with van der Waals surface area (Å²) in [5.41, 5.74) is 1.53. The van der Waals surface area contributed by atoms with Crippen molar-refractivity contribution in [3.8, 4) is 0 Å². The fourth-order valence-electron chi connectivity index (χ4n) is 3.53. The number of halogens is 1. The molecular weight excluding hydrogens is 461 g/mol. The minimum absolute atomic E-state index is 0. The van der Waals surface area contributed by atoms with Crippen LogP contribution >= 0.6 is 24.0 Å². The van der Waals surface area contributed by atoms with Gasteiger partial charge in [0.1, 0.15) is 5.82 Å². The van der Waals surface area contributed by atoms with Gasteiger partial charge in [-0.2, -0.15) is 0 Å². The summed E-state index contributed by atoms with van der Waals surface area (Å²) >= 11 is 0. The first kappa shape index (κ1) is 24.5. The van der Waals surface area contributed by atoms with E-state index in [1.54, 1.807) is 0 Å². The average molecular weight is 497 g/mol. The minimum atomic E-state index is 0. The molecule has 0 fully saturated rings. The van der Waals surface area contributed by atoms with Gasteiger partial charge in [0.25, 0.3) is 0 Å².